The molecule has 1 rings (SSSR count). The molecule has 0 spiro atoms. The summed E-state index contributed by atoms with van der Waals surface area (Å²) < 4.78 is 17.3. The smallest absolute Gasteiger partial charge is 0.331 e. The Morgan fingerprint density at radius 3 is 2.47 bits per heavy atom. The van der Waals surface area contributed by atoms with Gasteiger partial charge < -0.3 is 9.84 Å². The molecule has 0 saturated heterocycles. The molecule has 2 unspecified atom stereocenters. The van der Waals surface area contributed by atoms with Crippen molar-refractivity contribution in [1.82, 2.24) is 0 Å². The van der Waals surface area contributed by atoms with Gasteiger partial charge in [-0.05, 0) is 24.6 Å². The van der Waals surface area contributed by atoms with E-state index < -0.39 is 29.1 Å². The fourth-order valence-corrected chi connectivity index (χ4v) is 1.60. The zero-order valence-corrected chi connectivity index (χ0v) is 11.1. The molecule has 0 aliphatic rings. The van der Waals surface area contributed by atoms with Gasteiger partial charge in [0.25, 0.3) is 0 Å². The van der Waals surface area contributed by atoms with Crippen LogP contribution in [-0.2, 0) is 14.3 Å². The summed E-state index contributed by atoms with van der Waals surface area (Å²) in [7, 11) is 0. The molecule has 0 radical (unpaired) electrons. The zero-order chi connectivity index (χ0) is 14.4. The molecule has 0 amide bonds. The molecular formula is C13H14ClFO4. The van der Waals surface area contributed by atoms with Gasteiger partial charge in [0.05, 0.1) is 12.7 Å². The Bertz CT molecular complexity index is 446. The average Bonchev–Trinajstić information content (AvgIpc) is 2.38. The van der Waals surface area contributed by atoms with Gasteiger partial charge in [0.2, 0.25) is 0 Å². The zero-order valence-electron chi connectivity index (χ0n) is 10.3. The van der Waals surface area contributed by atoms with Crippen LogP contribution < -0.4 is 0 Å². The van der Waals surface area contributed by atoms with E-state index in [1.54, 1.807) is 6.92 Å². The van der Waals surface area contributed by atoms with Crippen molar-refractivity contribution in [1.29, 1.82) is 0 Å². The minimum Gasteiger partial charge on any atom is -0.465 e. The largest absolute Gasteiger partial charge is 0.465 e. The van der Waals surface area contributed by atoms with Gasteiger partial charge in [0, 0.05) is 6.42 Å². The first-order chi connectivity index (χ1) is 8.95. The lowest BCUT2D eigenvalue weighted by Gasteiger charge is -2.12. The topological polar surface area (TPSA) is 63.6 Å². The number of carbonyl (C=O) groups is 2. The summed E-state index contributed by atoms with van der Waals surface area (Å²) in [5, 5.41) is 8.35. The lowest BCUT2D eigenvalue weighted by Crippen LogP contribution is -2.28. The first-order valence-corrected chi connectivity index (χ1v) is 6.16. The predicted octanol–water partition coefficient (Wildman–Crippen LogP) is 1.99. The number of aliphatic hydroxyl groups is 1. The van der Waals surface area contributed by atoms with Gasteiger partial charge in [-0.2, -0.15) is 0 Å². The molecule has 1 N–H and O–H groups in total. The number of hydrogen-bond acceptors (Lipinski definition) is 4. The molecule has 1 aromatic carbocycles. The Labute approximate surface area is 115 Å². The van der Waals surface area contributed by atoms with E-state index in [0.29, 0.717) is 5.56 Å². The van der Waals surface area contributed by atoms with E-state index in [-0.39, 0.29) is 13.0 Å². The summed E-state index contributed by atoms with van der Waals surface area (Å²) in [5.74, 6) is -1.92. The molecule has 4 nitrogen and oxygen atoms in total. The average molecular weight is 289 g/mol. The van der Waals surface area contributed by atoms with Crippen molar-refractivity contribution < 1.29 is 23.8 Å². The molecule has 0 fully saturated rings. The Balaban J connectivity index is 2.61. The maximum absolute atomic E-state index is 12.7. The summed E-state index contributed by atoms with van der Waals surface area (Å²) in [6.45, 7) is 1.72. The Morgan fingerprint density at radius 2 is 1.95 bits per heavy atom. The quantitative estimate of drug-likeness (QED) is 0.494. The van der Waals surface area contributed by atoms with Crippen LogP contribution in [0.15, 0.2) is 24.3 Å². The number of Topliss-reactive ketones (excluding diaryl/α,β-unsaturated/α-hetero) is 1. The number of alkyl halides is 1. The summed E-state index contributed by atoms with van der Waals surface area (Å²) >= 11 is 5.62. The Hall–Kier alpha value is -1.46. The van der Waals surface area contributed by atoms with Gasteiger partial charge in [-0.25, -0.2) is 9.18 Å². The molecule has 0 saturated carbocycles. The van der Waals surface area contributed by atoms with Gasteiger partial charge >= 0.3 is 5.97 Å². The first-order valence-electron chi connectivity index (χ1n) is 5.72. The van der Waals surface area contributed by atoms with Crippen LogP contribution in [0.25, 0.3) is 0 Å². The molecule has 6 heteroatoms. The second-order valence-corrected chi connectivity index (χ2v) is 4.29. The number of carbonyl (C=O) groups excluding carboxylic acids is 2. The number of ether oxygens (including phenoxy) is 1. The van der Waals surface area contributed by atoms with Crippen LogP contribution in [-0.4, -0.2) is 28.8 Å². The number of hydrogen-bond donors (Lipinski definition) is 1. The third-order valence-corrected chi connectivity index (χ3v) is 2.85. The van der Waals surface area contributed by atoms with Crippen molar-refractivity contribution in [3.05, 3.63) is 35.6 Å². The number of aliphatic hydroxyl groups excluding tert-OH is 1. The number of rotatable bonds is 6. The van der Waals surface area contributed by atoms with Gasteiger partial charge in [-0.3, -0.25) is 4.79 Å². The molecular weight excluding hydrogens is 275 g/mol. The van der Waals surface area contributed by atoms with Crippen molar-refractivity contribution in [2.24, 2.45) is 0 Å². The summed E-state index contributed by atoms with van der Waals surface area (Å²) in [4.78, 5) is 22.9. The monoisotopic (exact) mass is 288 g/mol. The van der Waals surface area contributed by atoms with Crippen LogP contribution in [0.2, 0.25) is 0 Å². The van der Waals surface area contributed by atoms with Crippen LogP contribution in [0.1, 0.15) is 25.0 Å². The van der Waals surface area contributed by atoms with E-state index in [1.807, 2.05) is 0 Å². The van der Waals surface area contributed by atoms with E-state index in [1.165, 1.54) is 24.3 Å². The highest BCUT2D eigenvalue weighted by atomic mass is 35.5. The van der Waals surface area contributed by atoms with Crippen LogP contribution >= 0.6 is 11.6 Å². The van der Waals surface area contributed by atoms with Crippen molar-refractivity contribution in [3.8, 4) is 0 Å². The maximum Gasteiger partial charge on any atom is 0.331 e. The lowest BCUT2D eigenvalue weighted by atomic mass is 10.0. The van der Waals surface area contributed by atoms with Gasteiger partial charge in [0.1, 0.15) is 5.82 Å². The molecule has 1 aromatic rings. The lowest BCUT2D eigenvalue weighted by molar-refractivity contribution is -0.145. The molecule has 19 heavy (non-hydrogen) atoms. The second-order valence-electron chi connectivity index (χ2n) is 3.85. The van der Waals surface area contributed by atoms with Crippen molar-refractivity contribution in [3.63, 3.8) is 0 Å². The number of ketones is 1. The minimum atomic E-state index is -1.44. The molecule has 104 valence electrons. The SMILES string of the molecule is CCOC(=O)C(Cl)C(=O)CC(O)c1ccc(F)cc1. The van der Waals surface area contributed by atoms with E-state index in [0.717, 1.165) is 0 Å². The van der Waals surface area contributed by atoms with Crippen LogP contribution in [0.4, 0.5) is 4.39 Å². The minimum absolute atomic E-state index is 0.121. The van der Waals surface area contributed by atoms with E-state index in [4.69, 9.17) is 11.6 Å². The van der Waals surface area contributed by atoms with Crippen LogP contribution in [0.5, 0.6) is 0 Å². The normalized spacial score (nSPS) is 13.7. The van der Waals surface area contributed by atoms with Crippen LogP contribution in [0, 0.1) is 5.82 Å². The molecule has 2 atom stereocenters. The summed E-state index contributed by atoms with van der Waals surface area (Å²) in [6, 6.07) is 5.07. The highest BCUT2D eigenvalue weighted by Gasteiger charge is 2.27. The first kappa shape index (κ1) is 15.6. The highest BCUT2D eigenvalue weighted by molar-refractivity contribution is 6.41. The van der Waals surface area contributed by atoms with E-state index >= 15 is 0 Å². The van der Waals surface area contributed by atoms with Gasteiger partial charge in [-0.15, -0.1) is 11.6 Å². The number of esters is 1. The standard InChI is InChI=1S/C13H14ClFO4/c1-2-19-13(18)12(14)11(17)7-10(16)8-3-5-9(15)6-4-8/h3-6,10,12,16H,2,7H2,1H3. The maximum atomic E-state index is 12.7. The van der Waals surface area contributed by atoms with Crippen molar-refractivity contribution in [2.75, 3.05) is 6.61 Å². The molecule has 0 aliphatic heterocycles. The molecule has 0 aromatic heterocycles. The van der Waals surface area contributed by atoms with Gasteiger partial charge in [-0.1, -0.05) is 12.1 Å². The second kappa shape index (κ2) is 7.21. The summed E-state index contributed by atoms with van der Waals surface area (Å²) in [5.41, 5.74) is 0.377. The fourth-order valence-electron chi connectivity index (χ4n) is 1.44. The third-order valence-electron chi connectivity index (χ3n) is 2.43. The van der Waals surface area contributed by atoms with E-state index in [9.17, 15) is 19.1 Å². The Kier molecular flexibility index (Phi) is 5.92. The summed E-state index contributed by atoms with van der Waals surface area (Å²) in [6.07, 6.45) is -1.47. The third kappa shape index (κ3) is 4.61. The Morgan fingerprint density at radius 1 is 1.37 bits per heavy atom. The predicted molar refractivity (Wildman–Crippen MR) is 67.3 cm³/mol. The fraction of sp³-hybridized carbons (Fsp3) is 0.385. The van der Waals surface area contributed by atoms with E-state index in [2.05, 4.69) is 4.74 Å². The number of halogens is 2. The van der Waals surface area contributed by atoms with Gasteiger partial charge in [0.15, 0.2) is 11.2 Å². The molecule has 0 bridgehead atoms. The number of benzene rings is 1. The molecule has 0 heterocycles. The van der Waals surface area contributed by atoms with Crippen molar-refractivity contribution in [2.45, 2.75) is 24.8 Å². The van der Waals surface area contributed by atoms with Crippen LogP contribution in [0.3, 0.4) is 0 Å². The van der Waals surface area contributed by atoms with Crippen molar-refractivity contribution >= 4 is 23.4 Å². The highest BCUT2D eigenvalue weighted by Crippen LogP contribution is 2.19. The molecule has 0 aliphatic carbocycles.